The maximum Gasteiger partial charge on any atom is 0.352 e. The van der Waals surface area contributed by atoms with Gasteiger partial charge >= 0.3 is 5.69 Å². The number of ether oxygens (including phenoxy) is 1. The highest BCUT2D eigenvalue weighted by Gasteiger charge is 2.20. The van der Waals surface area contributed by atoms with Crippen LogP contribution in [0, 0.1) is 12.7 Å². The molecule has 0 aliphatic rings. The molecule has 0 amide bonds. The van der Waals surface area contributed by atoms with Gasteiger partial charge < -0.3 is 4.74 Å². The number of halogens is 1. The summed E-state index contributed by atoms with van der Waals surface area (Å²) in [6, 6.07) is 22.8. The van der Waals surface area contributed by atoms with Gasteiger partial charge in [0.15, 0.2) is 5.82 Å². The molecule has 0 saturated heterocycles. The third-order valence-electron chi connectivity index (χ3n) is 6.13. The molecule has 0 fully saturated rings. The topological polar surface area (TPSA) is 71.0 Å². The smallest absolute Gasteiger partial charge is 0.352 e. The van der Waals surface area contributed by atoms with Crippen molar-refractivity contribution in [3.63, 3.8) is 0 Å². The summed E-state index contributed by atoms with van der Waals surface area (Å²) in [5, 5.41) is 5.31. The molecule has 8 heteroatoms. The van der Waals surface area contributed by atoms with Crippen molar-refractivity contribution >= 4 is 10.8 Å². The summed E-state index contributed by atoms with van der Waals surface area (Å²) in [6.45, 7) is 4.61. The Bertz CT molecular complexity index is 1670. The van der Waals surface area contributed by atoms with Crippen molar-refractivity contribution in [1.29, 1.82) is 0 Å². The van der Waals surface area contributed by atoms with Crippen LogP contribution in [-0.2, 0) is 24.5 Å². The van der Waals surface area contributed by atoms with Crippen molar-refractivity contribution in [2.45, 2.75) is 33.6 Å². The molecule has 0 N–H and O–H groups in total. The number of nitrogens with zero attached hydrogens (tertiary/aromatic N) is 4. The van der Waals surface area contributed by atoms with E-state index in [0.29, 0.717) is 30.0 Å². The van der Waals surface area contributed by atoms with Crippen LogP contribution in [0.5, 0.6) is 0 Å². The zero-order chi connectivity index (χ0) is 25.2. The zero-order valence-corrected chi connectivity index (χ0v) is 20.0. The summed E-state index contributed by atoms with van der Waals surface area (Å²) in [5.41, 5.74) is 1.60. The highest BCUT2D eigenvalue weighted by molar-refractivity contribution is 5.83. The lowest BCUT2D eigenvalue weighted by Gasteiger charge is -2.15. The number of benzene rings is 3. The summed E-state index contributed by atoms with van der Waals surface area (Å²) in [4.78, 5) is 27.1. The van der Waals surface area contributed by atoms with Gasteiger partial charge in [0.05, 0.1) is 17.7 Å². The molecule has 3 aromatic carbocycles. The van der Waals surface area contributed by atoms with E-state index in [-0.39, 0.29) is 23.5 Å². The summed E-state index contributed by atoms with van der Waals surface area (Å²) < 4.78 is 24.0. The number of aryl methyl sites for hydroxylation is 1. The van der Waals surface area contributed by atoms with Crippen LogP contribution >= 0.6 is 0 Å². The molecule has 182 valence electrons. The number of hydrogen-bond donors (Lipinski definition) is 0. The van der Waals surface area contributed by atoms with Gasteiger partial charge in [-0.1, -0.05) is 54.6 Å². The van der Waals surface area contributed by atoms with Gasteiger partial charge in [0, 0.05) is 6.54 Å². The second-order valence-electron chi connectivity index (χ2n) is 8.49. The molecule has 0 atom stereocenters. The van der Waals surface area contributed by atoms with Crippen molar-refractivity contribution in [2.75, 3.05) is 0 Å². The van der Waals surface area contributed by atoms with Crippen LogP contribution in [0.1, 0.15) is 23.9 Å². The second-order valence-corrected chi connectivity index (χ2v) is 8.49. The van der Waals surface area contributed by atoms with Crippen LogP contribution in [0.2, 0.25) is 0 Å². The number of rotatable bonds is 7. The van der Waals surface area contributed by atoms with E-state index in [9.17, 15) is 14.0 Å². The van der Waals surface area contributed by atoms with Crippen LogP contribution in [0.15, 0.2) is 88.5 Å². The Labute approximate surface area is 206 Å². The molecule has 5 rings (SSSR count). The van der Waals surface area contributed by atoms with E-state index in [1.165, 1.54) is 32.0 Å². The molecule has 0 unspecified atom stereocenters. The Hall–Kier alpha value is -4.30. The van der Waals surface area contributed by atoms with Crippen LogP contribution < -0.4 is 11.2 Å². The van der Waals surface area contributed by atoms with Crippen molar-refractivity contribution in [2.24, 2.45) is 0 Å². The van der Waals surface area contributed by atoms with E-state index in [2.05, 4.69) is 5.10 Å². The highest BCUT2D eigenvalue weighted by atomic mass is 19.1. The Morgan fingerprint density at radius 1 is 0.917 bits per heavy atom. The van der Waals surface area contributed by atoms with Gasteiger partial charge in [-0.3, -0.25) is 13.9 Å². The lowest BCUT2D eigenvalue weighted by Crippen LogP contribution is -2.30. The van der Waals surface area contributed by atoms with Gasteiger partial charge in [-0.15, -0.1) is 5.10 Å². The number of aromatic nitrogens is 4. The molecule has 5 aromatic rings. The standard InChI is InChI=1S/C28H25FN4O3/c1-3-31-25(18-36-17-20-10-5-4-6-11-20)30-33(28(31)35)26-15-21-13-14-22(29)16-23(21)27(34)32(26)24-12-8-7-9-19(24)2/h4-16H,3,17-18H2,1-2H3. The van der Waals surface area contributed by atoms with Crippen molar-refractivity contribution in [3.8, 4) is 11.5 Å². The van der Waals surface area contributed by atoms with Gasteiger partial charge in [0.25, 0.3) is 5.56 Å². The van der Waals surface area contributed by atoms with E-state index in [0.717, 1.165) is 11.1 Å². The SMILES string of the molecule is CCn1c(COCc2ccccc2)nn(-c2cc3ccc(F)cc3c(=O)n2-c2ccccc2C)c1=O. The summed E-state index contributed by atoms with van der Waals surface area (Å²) in [6.07, 6.45) is 0. The van der Waals surface area contributed by atoms with Crippen molar-refractivity contribution in [1.82, 2.24) is 18.9 Å². The molecule has 0 bridgehead atoms. The molecule has 2 aromatic heterocycles. The maximum absolute atomic E-state index is 14.0. The molecule has 36 heavy (non-hydrogen) atoms. The number of hydrogen-bond acceptors (Lipinski definition) is 4. The maximum atomic E-state index is 14.0. The number of pyridine rings is 1. The molecular formula is C28H25FN4O3. The first-order valence-electron chi connectivity index (χ1n) is 11.7. The Kier molecular flexibility index (Phi) is 6.35. The average molecular weight is 485 g/mol. The van der Waals surface area contributed by atoms with Crippen LogP contribution in [0.25, 0.3) is 22.3 Å². The van der Waals surface area contributed by atoms with E-state index in [4.69, 9.17) is 4.74 Å². The number of fused-ring (bicyclic) bond motifs is 1. The quantitative estimate of drug-likeness (QED) is 0.341. The molecule has 0 aliphatic heterocycles. The van der Waals surface area contributed by atoms with E-state index in [1.54, 1.807) is 12.1 Å². The van der Waals surface area contributed by atoms with Gasteiger partial charge in [0.1, 0.15) is 18.2 Å². The number of para-hydroxylation sites is 1. The van der Waals surface area contributed by atoms with Crippen molar-refractivity contribution < 1.29 is 9.13 Å². The first kappa shape index (κ1) is 23.4. The first-order chi connectivity index (χ1) is 17.5. The summed E-state index contributed by atoms with van der Waals surface area (Å²) in [7, 11) is 0. The predicted molar refractivity (Wildman–Crippen MR) is 136 cm³/mol. The Morgan fingerprint density at radius 2 is 1.67 bits per heavy atom. The van der Waals surface area contributed by atoms with Gasteiger partial charge in [-0.05, 0) is 54.6 Å². The minimum atomic E-state index is -0.506. The molecule has 0 aliphatic carbocycles. The van der Waals surface area contributed by atoms with E-state index >= 15 is 0 Å². The monoisotopic (exact) mass is 484 g/mol. The fraction of sp³-hybridized carbons (Fsp3) is 0.179. The largest absolute Gasteiger partial charge is 0.369 e. The third kappa shape index (κ3) is 4.27. The Balaban J connectivity index is 1.66. The summed E-state index contributed by atoms with van der Waals surface area (Å²) >= 11 is 0. The van der Waals surface area contributed by atoms with Crippen LogP contribution in [0.3, 0.4) is 0 Å². The molecule has 0 saturated carbocycles. The minimum absolute atomic E-state index is 0.123. The van der Waals surface area contributed by atoms with E-state index in [1.807, 2.05) is 62.4 Å². The minimum Gasteiger partial charge on any atom is -0.369 e. The van der Waals surface area contributed by atoms with E-state index < -0.39 is 11.4 Å². The van der Waals surface area contributed by atoms with Gasteiger partial charge in [0.2, 0.25) is 0 Å². The lowest BCUT2D eigenvalue weighted by molar-refractivity contribution is 0.0989. The fourth-order valence-electron chi connectivity index (χ4n) is 4.32. The van der Waals surface area contributed by atoms with Crippen LogP contribution in [-0.4, -0.2) is 18.9 Å². The summed E-state index contributed by atoms with van der Waals surface area (Å²) in [5.74, 6) is 0.213. The van der Waals surface area contributed by atoms with Crippen molar-refractivity contribution in [3.05, 3.63) is 122 Å². The normalized spacial score (nSPS) is 11.3. The Morgan fingerprint density at radius 3 is 2.42 bits per heavy atom. The molecule has 7 nitrogen and oxygen atoms in total. The molecular weight excluding hydrogens is 459 g/mol. The molecule has 0 radical (unpaired) electrons. The molecule has 0 spiro atoms. The third-order valence-corrected chi connectivity index (χ3v) is 6.13. The fourth-order valence-corrected chi connectivity index (χ4v) is 4.32. The first-order valence-corrected chi connectivity index (χ1v) is 11.7. The van der Waals surface area contributed by atoms with Gasteiger partial charge in [-0.25, -0.2) is 9.18 Å². The molecule has 2 heterocycles. The van der Waals surface area contributed by atoms with Crippen LogP contribution in [0.4, 0.5) is 4.39 Å². The lowest BCUT2D eigenvalue weighted by atomic mass is 10.1. The second kappa shape index (κ2) is 9.75. The zero-order valence-electron chi connectivity index (χ0n) is 20.0. The highest BCUT2D eigenvalue weighted by Crippen LogP contribution is 2.21. The average Bonchev–Trinajstić information content (AvgIpc) is 3.20. The predicted octanol–water partition coefficient (Wildman–Crippen LogP) is 4.52. The van der Waals surface area contributed by atoms with Gasteiger partial charge in [-0.2, -0.15) is 4.68 Å².